The van der Waals surface area contributed by atoms with Crippen molar-refractivity contribution in [1.82, 2.24) is 4.37 Å². The van der Waals surface area contributed by atoms with Crippen molar-refractivity contribution in [2.75, 3.05) is 5.32 Å². The highest BCUT2D eigenvalue weighted by Crippen LogP contribution is 2.29. The fourth-order valence-electron chi connectivity index (χ4n) is 1.54. The van der Waals surface area contributed by atoms with Gasteiger partial charge in [-0.25, -0.2) is 4.79 Å². The summed E-state index contributed by atoms with van der Waals surface area (Å²) in [4.78, 5) is 11.1. The molecule has 2 rings (SSSR count). The van der Waals surface area contributed by atoms with Gasteiger partial charge in [0.15, 0.2) is 0 Å². The summed E-state index contributed by atoms with van der Waals surface area (Å²) in [7, 11) is 0. The van der Waals surface area contributed by atoms with Gasteiger partial charge in [0, 0.05) is 5.69 Å². The number of aryl methyl sites for hydroxylation is 2. The van der Waals surface area contributed by atoms with Crippen LogP contribution in [0, 0.1) is 13.8 Å². The van der Waals surface area contributed by atoms with Crippen LogP contribution in [-0.2, 0) is 0 Å². The van der Waals surface area contributed by atoms with E-state index in [1.807, 2.05) is 31.2 Å². The predicted molar refractivity (Wildman–Crippen MR) is 68.3 cm³/mol. The summed E-state index contributed by atoms with van der Waals surface area (Å²) < 4.78 is 4.06. The minimum absolute atomic E-state index is 0.248. The normalized spacial score (nSPS) is 10.2. The summed E-state index contributed by atoms with van der Waals surface area (Å²) in [6, 6.07) is 7.73. The van der Waals surface area contributed by atoms with E-state index in [9.17, 15) is 4.79 Å². The van der Waals surface area contributed by atoms with Gasteiger partial charge in [0.1, 0.15) is 10.6 Å². The fraction of sp³-hybridized carbons (Fsp3) is 0.167. The number of carbonyl (C=O) groups is 1. The standard InChI is InChI=1S/C12H12N2O2S/c1-7-5-3-4-6-9(7)13-11-10(12(15)16)8(2)14-17-11/h3-6,13H,1-2H3,(H,15,16). The van der Waals surface area contributed by atoms with E-state index in [1.54, 1.807) is 6.92 Å². The second-order valence-corrected chi connectivity index (χ2v) is 4.49. The zero-order valence-electron chi connectivity index (χ0n) is 9.52. The van der Waals surface area contributed by atoms with Gasteiger partial charge in [-0.1, -0.05) is 18.2 Å². The molecule has 17 heavy (non-hydrogen) atoms. The van der Waals surface area contributed by atoms with Crippen LogP contribution in [0.2, 0.25) is 0 Å². The third kappa shape index (κ3) is 2.29. The largest absolute Gasteiger partial charge is 0.478 e. The lowest BCUT2D eigenvalue weighted by Crippen LogP contribution is -2.01. The molecule has 1 heterocycles. The van der Waals surface area contributed by atoms with Crippen LogP contribution in [0.15, 0.2) is 24.3 Å². The van der Waals surface area contributed by atoms with Crippen molar-refractivity contribution < 1.29 is 9.90 Å². The van der Waals surface area contributed by atoms with Crippen molar-refractivity contribution in [3.05, 3.63) is 41.1 Å². The second kappa shape index (κ2) is 4.55. The number of nitrogens with one attached hydrogen (secondary N) is 1. The Labute approximate surface area is 103 Å². The van der Waals surface area contributed by atoms with Crippen molar-refractivity contribution >= 4 is 28.2 Å². The minimum atomic E-state index is -0.952. The van der Waals surface area contributed by atoms with E-state index in [1.165, 1.54) is 11.5 Å². The first-order valence-corrected chi connectivity index (χ1v) is 5.89. The molecule has 0 radical (unpaired) electrons. The van der Waals surface area contributed by atoms with E-state index in [0.29, 0.717) is 10.7 Å². The first-order valence-electron chi connectivity index (χ1n) is 5.12. The second-order valence-electron chi connectivity index (χ2n) is 3.72. The summed E-state index contributed by atoms with van der Waals surface area (Å²) in [5.41, 5.74) is 2.75. The number of anilines is 2. The highest BCUT2D eigenvalue weighted by Gasteiger charge is 2.17. The molecule has 0 bridgehead atoms. The van der Waals surface area contributed by atoms with Crippen molar-refractivity contribution in [1.29, 1.82) is 0 Å². The molecule has 5 heteroatoms. The lowest BCUT2D eigenvalue weighted by Gasteiger charge is -2.07. The molecule has 88 valence electrons. The molecule has 0 saturated carbocycles. The van der Waals surface area contributed by atoms with Crippen LogP contribution in [-0.4, -0.2) is 15.4 Å². The molecule has 0 saturated heterocycles. The van der Waals surface area contributed by atoms with Crippen molar-refractivity contribution in [3.8, 4) is 0 Å². The number of carboxylic acid groups (broad SMARTS) is 1. The number of benzene rings is 1. The first kappa shape index (κ1) is 11.6. The number of para-hydroxylation sites is 1. The van der Waals surface area contributed by atoms with E-state index in [0.717, 1.165) is 11.3 Å². The van der Waals surface area contributed by atoms with Crippen LogP contribution in [0.5, 0.6) is 0 Å². The Morgan fingerprint density at radius 3 is 2.71 bits per heavy atom. The number of hydrogen-bond acceptors (Lipinski definition) is 4. The molecule has 0 unspecified atom stereocenters. The number of aromatic nitrogens is 1. The van der Waals surface area contributed by atoms with Crippen LogP contribution in [0.1, 0.15) is 21.6 Å². The quantitative estimate of drug-likeness (QED) is 0.875. The first-order chi connectivity index (χ1) is 8.09. The monoisotopic (exact) mass is 248 g/mol. The number of nitrogens with zero attached hydrogens (tertiary/aromatic N) is 1. The Morgan fingerprint density at radius 2 is 2.06 bits per heavy atom. The fourth-order valence-corrected chi connectivity index (χ4v) is 2.34. The maximum atomic E-state index is 11.1. The van der Waals surface area contributed by atoms with Crippen molar-refractivity contribution in [3.63, 3.8) is 0 Å². The highest BCUT2D eigenvalue weighted by atomic mass is 32.1. The lowest BCUT2D eigenvalue weighted by molar-refractivity contribution is 0.0697. The van der Waals surface area contributed by atoms with Gasteiger partial charge in [-0.3, -0.25) is 0 Å². The molecule has 0 amide bonds. The third-order valence-electron chi connectivity index (χ3n) is 2.47. The average molecular weight is 248 g/mol. The van der Waals surface area contributed by atoms with Gasteiger partial charge in [-0.05, 0) is 37.0 Å². The average Bonchev–Trinajstić information content (AvgIpc) is 2.63. The molecule has 1 aromatic carbocycles. The Bertz CT molecular complexity index is 563. The van der Waals surface area contributed by atoms with Gasteiger partial charge in [0.05, 0.1) is 5.69 Å². The SMILES string of the molecule is Cc1ccccc1Nc1snc(C)c1C(=O)O. The Kier molecular flexibility index (Phi) is 3.10. The molecular formula is C12H12N2O2S. The maximum Gasteiger partial charge on any atom is 0.340 e. The van der Waals surface area contributed by atoms with Crippen LogP contribution >= 0.6 is 11.5 Å². The van der Waals surface area contributed by atoms with Gasteiger partial charge in [-0.2, -0.15) is 4.37 Å². The number of aromatic carboxylic acids is 1. The van der Waals surface area contributed by atoms with E-state index in [2.05, 4.69) is 9.69 Å². The summed E-state index contributed by atoms with van der Waals surface area (Å²) in [6.07, 6.45) is 0. The van der Waals surface area contributed by atoms with E-state index in [-0.39, 0.29) is 5.56 Å². The van der Waals surface area contributed by atoms with Gasteiger partial charge in [0.25, 0.3) is 0 Å². The van der Waals surface area contributed by atoms with Crippen LogP contribution in [0.3, 0.4) is 0 Å². The molecule has 0 fully saturated rings. The van der Waals surface area contributed by atoms with E-state index < -0.39 is 5.97 Å². The van der Waals surface area contributed by atoms with Crippen LogP contribution < -0.4 is 5.32 Å². The zero-order valence-corrected chi connectivity index (χ0v) is 10.3. The third-order valence-corrected chi connectivity index (χ3v) is 3.32. The minimum Gasteiger partial charge on any atom is -0.478 e. The molecule has 4 nitrogen and oxygen atoms in total. The smallest absolute Gasteiger partial charge is 0.340 e. The maximum absolute atomic E-state index is 11.1. The number of hydrogen-bond donors (Lipinski definition) is 2. The molecule has 0 atom stereocenters. The van der Waals surface area contributed by atoms with E-state index >= 15 is 0 Å². The van der Waals surface area contributed by atoms with Gasteiger partial charge >= 0.3 is 5.97 Å². The van der Waals surface area contributed by atoms with Gasteiger partial charge in [0.2, 0.25) is 0 Å². The van der Waals surface area contributed by atoms with Crippen LogP contribution in [0.4, 0.5) is 10.7 Å². The molecule has 0 aliphatic heterocycles. The van der Waals surface area contributed by atoms with E-state index in [4.69, 9.17) is 5.11 Å². The summed E-state index contributed by atoms with van der Waals surface area (Å²) in [5.74, 6) is -0.952. The molecule has 0 spiro atoms. The van der Waals surface area contributed by atoms with Crippen LogP contribution in [0.25, 0.3) is 0 Å². The summed E-state index contributed by atoms with van der Waals surface area (Å²) in [5, 5.41) is 12.8. The molecular weight excluding hydrogens is 236 g/mol. The topological polar surface area (TPSA) is 62.2 Å². The molecule has 0 aliphatic rings. The number of carboxylic acids is 1. The van der Waals surface area contributed by atoms with Gasteiger partial charge < -0.3 is 10.4 Å². The zero-order chi connectivity index (χ0) is 12.4. The number of rotatable bonds is 3. The Hall–Kier alpha value is -1.88. The molecule has 0 aliphatic carbocycles. The molecule has 1 aromatic heterocycles. The Morgan fingerprint density at radius 1 is 1.35 bits per heavy atom. The van der Waals surface area contributed by atoms with Crippen molar-refractivity contribution in [2.24, 2.45) is 0 Å². The van der Waals surface area contributed by atoms with Crippen molar-refractivity contribution in [2.45, 2.75) is 13.8 Å². The highest BCUT2D eigenvalue weighted by molar-refractivity contribution is 7.10. The lowest BCUT2D eigenvalue weighted by atomic mass is 10.2. The summed E-state index contributed by atoms with van der Waals surface area (Å²) in [6.45, 7) is 3.67. The molecule has 2 aromatic rings. The Balaban J connectivity index is 2.37. The predicted octanol–water partition coefficient (Wildman–Crippen LogP) is 3.20. The van der Waals surface area contributed by atoms with Gasteiger partial charge in [-0.15, -0.1) is 0 Å². The molecule has 2 N–H and O–H groups in total. The summed E-state index contributed by atoms with van der Waals surface area (Å²) >= 11 is 1.17.